The van der Waals surface area contributed by atoms with Gasteiger partial charge in [-0.1, -0.05) is 35.9 Å². The molecular formula is C18H18ClN3O2S. The second-order valence-electron chi connectivity index (χ2n) is 5.66. The van der Waals surface area contributed by atoms with Crippen molar-refractivity contribution in [3.05, 3.63) is 64.9 Å². The van der Waals surface area contributed by atoms with Crippen molar-refractivity contribution >= 4 is 35.2 Å². The monoisotopic (exact) mass is 375 g/mol. The van der Waals surface area contributed by atoms with Gasteiger partial charge in [0.2, 0.25) is 11.8 Å². The van der Waals surface area contributed by atoms with Crippen LogP contribution in [0, 0.1) is 0 Å². The van der Waals surface area contributed by atoms with Crippen LogP contribution < -0.4 is 5.32 Å². The molecule has 25 heavy (non-hydrogen) atoms. The van der Waals surface area contributed by atoms with E-state index in [2.05, 4.69) is 10.3 Å². The molecule has 0 saturated carbocycles. The molecule has 5 nitrogen and oxygen atoms in total. The number of benzene rings is 1. The van der Waals surface area contributed by atoms with Gasteiger partial charge in [0, 0.05) is 42.5 Å². The number of nitrogens with zero attached hydrogens (tertiary/aromatic N) is 2. The highest BCUT2D eigenvalue weighted by Gasteiger charge is 2.33. The number of halogens is 1. The van der Waals surface area contributed by atoms with Crippen molar-refractivity contribution in [2.24, 2.45) is 0 Å². The van der Waals surface area contributed by atoms with E-state index in [0.717, 1.165) is 11.1 Å². The molecule has 2 aromatic rings. The molecule has 1 aliphatic heterocycles. The summed E-state index contributed by atoms with van der Waals surface area (Å²) in [4.78, 5) is 30.0. The zero-order valence-electron chi connectivity index (χ0n) is 13.5. The van der Waals surface area contributed by atoms with Crippen molar-refractivity contribution in [2.45, 2.75) is 18.3 Å². The smallest absolute Gasteiger partial charge is 0.233 e. The normalized spacial score (nSPS) is 16.9. The highest BCUT2D eigenvalue weighted by molar-refractivity contribution is 8.00. The molecule has 1 aromatic heterocycles. The van der Waals surface area contributed by atoms with E-state index in [-0.39, 0.29) is 23.6 Å². The third-order valence-electron chi connectivity index (χ3n) is 3.93. The Kier molecular flexibility index (Phi) is 5.94. The van der Waals surface area contributed by atoms with E-state index in [9.17, 15) is 9.59 Å². The molecule has 1 aliphatic rings. The Hall–Kier alpha value is -2.05. The topological polar surface area (TPSA) is 62.3 Å². The first-order chi connectivity index (χ1) is 12.1. The van der Waals surface area contributed by atoms with Crippen LogP contribution in [-0.4, -0.2) is 34.0 Å². The summed E-state index contributed by atoms with van der Waals surface area (Å²) in [6, 6.07) is 11.2. The minimum atomic E-state index is -0.132. The van der Waals surface area contributed by atoms with Gasteiger partial charge in [0.05, 0.1) is 5.75 Å². The first kappa shape index (κ1) is 17.8. The summed E-state index contributed by atoms with van der Waals surface area (Å²) in [7, 11) is 0. The highest BCUT2D eigenvalue weighted by Crippen LogP contribution is 2.41. The molecule has 1 N–H and O–H groups in total. The lowest BCUT2D eigenvalue weighted by molar-refractivity contribution is -0.129. The molecule has 1 saturated heterocycles. The second kappa shape index (κ2) is 8.36. The maximum atomic E-state index is 12.2. The summed E-state index contributed by atoms with van der Waals surface area (Å²) in [6.07, 6.45) is 3.67. The number of pyridine rings is 1. The summed E-state index contributed by atoms with van der Waals surface area (Å²) < 4.78 is 0. The first-order valence-electron chi connectivity index (χ1n) is 7.96. The largest absolute Gasteiger partial charge is 0.352 e. The van der Waals surface area contributed by atoms with Crippen molar-refractivity contribution in [1.82, 2.24) is 15.2 Å². The Morgan fingerprint density at radius 2 is 2.16 bits per heavy atom. The van der Waals surface area contributed by atoms with Gasteiger partial charge < -0.3 is 10.2 Å². The zero-order valence-corrected chi connectivity index (χ0v) is 15.1. The molecule has 3 rings (SSSR count). The van der Waals surface area contributed by atoms with E-state index in [0.29, 0.717) is 23.9 Å². The Balaban J connectivity index is 1.56. The van der Waals surface area contributed by atoms with Crippen LogP contribution in [0.4, 0.5) is 0 Å². The van der Waals surface area contributed by atoms with Crippen LogP contribution in [0.15, 0.2) is 48.8 Å². The van der Waals surface area contributed by atoms with Gasteiger partial charge in [-0.25, -0.2) is 0 Å². The van der Waals surface area contributed by atoms with Crippen LogP contribution in [0.25, 0.3) is 0 Å². The third-order valence-corrected chi connectivity index (χ3v) is 5.51. The average molecular weight is 376 g/mol. The first-order valence-corrected chi connectivity index (χ1v) is 9.39. The van der Waals surface area contributed by atoms with Crippen LogP contribution in [-0.2, 0) is 16.1 Å². The summed E-state index contributed by atoms with van der Waals surface area (Å²) in [6.45, 7) is 0.809. The number of rotatable bonds is 6. The van der Waals surface area contributed by atoms with Crippen LogP contribution >= 0.6 is 23.4 Å². The third kappa shape index (κ3) is 4.52. The molecule has 1 aromatic carbocycles. The number of carbonyl (C=O) groups is 2. The Labute approximate surface area is 155 Å². The summed E-state index contributed by atoms with van der Waals surface area (Å²) >= 11 is 7.80. The molecule has 130 valence electrons. The van der Waals surface area contributed by atoms with Gasteiger partial charge in [0.15, 0.2) is 0 Å². The molecule has 7 heteroatoms. The number of thioether (sulfide) groups is 1. The quantitative estimate of drug-likeness (QED) is 0.843. The fourth-order valence-corrected chi connectivity index (χ4v) is 4.20. The van der Waals surface area contributed by atoms with Crippen molar-refractivity contribution in [3.63, 3.8) is 0 Å². The fourth-order valence-electron chi connectivity index (χ4n) is 2.64. The Morgan fingerprint density at radius 3 is 2.92 bits per heavy atom. The van der Waals surface area contributed by atoms with Crippen LogP contribution in [0.5, 0.6) is 0 Å². The number of hydrogen-bond donors (Lipinski definition) is 1. The Morgan fingerprint density at radius 1 is 1.32 bits per heavy atom. The molecule has 1 atom stereocenters. The van der Waals surface area contributed by atoms with Gasteiger partial charge in [-0.3, -0.25) is 14.6 Å². The van der Waals surface area contributed by atoms with Gasteiger partial charge in [-0.05, 0) is 17.7 Å². The second-order valence-corrected chi connectivity index (χ2v) is 7.14. The minimum Gasteiger partial charge on any atom is -0.352 e. The molecule has 1 fully saturated rings. The van der Waals surface area contributed by atoms with Gasteiger partial charge in [0.25, 0.3) is 0 Å². The van der Waals surface area contributed by atoms with E-state index in [1.807, 2.05) is 36.4 Å². The number of hydrogen-bond acceptors (Lipinski definition) is 4. The van der Waals surface area contributed by atoms with Crippen molar-refractivity contribution in [2.75, 3.05) is 12.3 Å². The molecule has 0 bridgehead atoms. The predicted octanol–water partition coefficient (Wildman–Crippen LogP) is 3.02. The van der Waals surface area contributed by atoms with E-state index >= 15 is 0 Å². The number of nitrogens with one attached hydrogen (secondary N) is 1. The van der Waals surface area contributed by atoms with E-state index in [4.69, 9.17) is 11.6 Å². The Bertz CT molecular complexity index is 757. The molecule has 1 unspecified atom stereocenters. The van der Waals surface area contributed by atoms with Gasteiger partial charge in [0.1, 0.15) is 5.37 Å². The summed E-state index contributed by atoms with van der Waals surface area (Å²) in [5.74, 6) is 0.356. The van der Waals surface area contributed by atoms with E-state index < -0.39 is 0 Å². The van der Waals surface area contributed by atoms with Crippen LogP contribution in [0.3, 0.4) is 0 Å². The standard InChI is InChI=1S/C18H18ClN3O2S/c19-15-6-2-1-5-14(15)18-22(17(24)12-25-18)9-7-16(23)21-11-13-4-3-8-20-10-13/h1-6,8,10,18H,7,9,11-12H2,(H,21,23). The number of amides is 2. The molecule has 2 amide bonds. The predicted molar refractivity (Wildman–Crippen MR) is 99.1 cm³/mol. The van der Waals surface area contributed by atoms with Crippen molar-refractivity contribution < 1.29 is 9.59 Å². The van der Waals surface area contributed by atoms with Crippen molar-refractivity contribution in [1.29, 1.82) is 0 Å². The average Bonchev–Trinajstić information content (AvgIpc) is 3.00. The van der Waals surface area contributed by atoms with Gasteiger partial charge in [-0.2, -0.15) is 0 Å². The fraction of sp³-hybridized carbons (Fsp3) is 0.278. The summed E-state index contributed by atoms with van der Waals surface area (Å²) in [5, 5.41) is 3.36. The maximum Gasteiger partial charge on any atom is 0.233 e. The van der Waals surface area contributed by atoms with Crippen molar-refractivity contribution in [3.8, 4) is 0 Å². The van der Waals surface area contributed by atoms with E-state index in [1.54, 1.807) is 17.3 Å². The molecule has 2 heterocycles. The zero-order chi connectivity index (χ0) is 17.6. The number of carbonyl (C=O) groups excluding carboxylic acids is 2. The maximum absolute atomic E-state index is 12.2. The molecule has 0 radical (unpaired) electrons. The minimum absolute atomic E-state index is 0.0370. The van der Waals surface area contributed by atoms with E-state index in [1.165, 1.54) is 11.8 Å². The number of aromatic nitrogens is 1. The van der Waals surface area contributed by atoms with Gasteiger partial charge >= 0.3 is 0 Å². The molecule has 0 aliphatic carbocycles. The summed E-state index contributed by atoms with van der Waals surface area (Å²) in [5.41, 5.74) is 1.85. The SMILES string of the molecule is O=C(CCN1C(=O)CSC1c1ccccc1Cl)NCc1cccnc1. The molecular weight excluding hydrogens is 358 g/mol. The molecule has 0 spiro atoms. The van der Waals surface area contributed by atoms with Crippen LogP contribution in [0.1, 0.15) is 22.9 Å². The lowest BCUT2D eigenvalue weighted by atomic mass is 10.2. The van der Waals surface area contributed by atoms with Gasteiger partial charge in [-0.15, -0.1) is 11.8 Å². The lowest BCUT2D eigenvalue weighted by Crippen LogP contribution is -2.33. The highest BCUT2D eigenvalue weighted by atomic mass is 35.5. The van der Waals surface area contributed by atoms with Crippen LogP contribution in [0.2, 0.25) is 5.02 Å². The lowest BCUT2D eigenvalue weighted by Gasteiger charge is -2.24.